The van der Waals surface area contributed by atoms with Gasteiger partial charge in [-0.3, -0.25) is 9.78 Å². The summed E-state index contributed by atoms with van der Waals surface area (Å²) in [6.45, 7) is 3.32. The Kier molecular flexibility index (Phi) is 3.08. The third-order valence-corrected chi connectivity index (χ3v) is 5.86. The Balaban J connectivity index is 1.58. The van der Waals surface area contributed by atoms with Crippen molar-refractivity contribution in [2.24, 2.45) is 5.92 Å². The zero-order valence-corrected chi connectivity index (χ0v) is 12.5. The molecule has 5 rings (SSSR count). The fourth-order valence-corrected chi connectivity index (χ4v) is 4.50. The highest BCUT2D eigenvalue weighted by Crippen LogP contribution is 2.33. The number of hydrogen-bond acceptors (Lipinski definition) is 5. The molecule has 6 heteroatoms. The molecule has 5 nitrogen and oxygen atoms in total. The molecule has 110 valence electrons. The van der Waals surface area contributed by atoms with Gasteiger partial charge in [0.15, 0.2) is 0 Å². The molecule has 3 fully saturated rings. The smallest absolute Gasteiger partial charge is 0.263 e. The van der Waals surface area contributed by atoms with E-state index in [-0.39, 0.29) is 11.9 Å². The number of carbonyl (C=O) groups is 1. The Morgan fingerprint density at radius 1 is 1.43 bits per heavy atom. The normalized spacial score (nSPS) is 27.9. The molecule has 1 amide bonds. The van der Waals surface area contributed by atoms with E-state index in [1.54, 1.807) is 12.4 Å². The summed E-state index contributed by atoms with van der Waals surface area (Å²) < 4.78 is 0.967. The van der Waals surface area contributed by atoms with Crippen LogP contribution in [0.15, 0.2) is 18.5 Å². The molecule has 2 aromatic rings. The Labute approximate surface area is 127 Å². The average Bonchev–Trinajstić information content (AvgIpc) is 2.86. The molecular formula is C15H18N4OS. The minimum Gasteiger partial charge on any atom is -0.397 e. The molecule has 3 aliphatic rings. The molecule has 3 aliphatic heterocycles. The Bertz CT molecular complexity index is 690. The van der Waals surface area contributed by atoms with Crippen LogP contribution in [0.3, 0.4) is 0 Å². The van der Waals surface area contributed by atoms with Crippen molar-refractivity contribution in [2.45, 2.75) is 18.9 Å². The zero-order valence-electron chi connectivity index (χ0n) is 11.7. The maximum Gasteiger partial charge on any atom is 0.263 e. The lowest BCUT2D eigenvalue weighted by Gasteiger charge is -2.44. The van der Waals surface area contributed by atoms with Gasteiger partial charge < -0.3 is 16.0 Å². The molecule has 1 unspecified atom stereocenters. The topological polar surface area (TPSA) is 71.2 Å². The van der Waals surface area contributed by atoms with E-state index >= 15 is 0 Å². The number of hydrogen-bond donors (Lipinski definition) is 2. The lowest BCUT2D eigenvalue weighted by atomic mass is 9.84. The summed E-state index contributed by atoms with van der Waals surface area (Å²) in [4.78, 5) is 19.7. The van der Waals surface area contributed by atoms with Crippen LogP contribution in [0, 0.1) is 5.92 Å². The number of nitrogens with one attached hydrogen (secondary N) is 1. The van der Waals surface area contributed by atoms with Crippen molar-refractivity contribution >= 4 is 33.0 Å². The van der Waals surface area contributed by atoms with E-state index in [2.05, 4.69) is 15.2 Å². The summed E-state index contributed by atoms with van der Waals surface area (Å²) in [6, 6.07) is 2.13. The number of nitrogen functional groups attached to an aromatic ring is 1. The van der Waals surface area contributed by atoms with E-state index in [9.17, 15) is 4.79 Å². The number of rotatable bonds is 2. The van der Waals surface area contributed by atoms with Gasteiger partial charge >= 0.3 is 0 Å². The standard InChI is InChI=1S/C15H18N4OS/c16-13-10-1-4-17-7-12(10)21-14(13)15(20)18-11-8-19-5-2-9(11)3-6-19/h1,4,7,9,11H,2-3,5-6,8,16H2,(H,18,20). The van der Waals surface area contributed by atoms with Crippen LogP contribution in [0.25, 0.3) is 10.1 Å². The Hall–Kier alpha value is -1.66. The SMILES string of the molecule is Nc1c(C(=O)NC2CN3CCC2CC3)sc2cnccc12. The van der Waals surface area contributed by atoms with E-state index < -0.39 is 0 Å². The third kappa shape index (κ3) is 2.18. The van der Waals surface area contributed by atoms with Crippen molar-refractivity contribution in [2.75, 3.05) is 25.4 Å². The first-order valence-electron chi connectivity index (χ1n) is 7.37. The summed E-state index contributed by atoms with van der Waals surface area (Å²) in [7, 11) is 0. The van der Waals surface area contributed by atoms with Crippen LogP contribution in [-0.2, 0) is 0 Å². The first-order valence-corrected chi connectivity index (χ1v) is 8.19. The molecule has 21 heavy (non-hydrogen) atoms. The van der Waals surface area contributed by atoms with Crippen LogP contribution < -0.4 is 11.1 Å². The lowest BCUT2D eigenvalue weighted by molar-refractivity contribution is 0.0623. The number of anilines is 1. The first-order chi connectivity index (χ1) is 10.2. The molecule has 5 heterocycles. The summed E-state index contributed by atoms with van der Waals surface area (Å²) >= 11 is 1.43. The summed E-state index contributed by atoms with van der Waals surface area (Å²) in [6.07, 6.45) is 5.86. The van der Waals surface area contributed by atoms with Crippen molar-refractivity contribution in [3.63, 3.8) is 0 Å². The zero-order chi connectivity index (χ0) is 14.4. The second-order valence-corrected chi connectivity index (χ2v) is 6.99. The Morgan fingerprint density at radius 3 is 2.90 bits per heavy atom. The lowest BCUT2D eigenvalue weighted by Crippen LogP contribution is -2.57. The van der Waals surface area contributed by atoms with Crippen molar-refractivity contribution in [1.29, 1.82) is 0 Å². The molecule has 3 N–H and O–H groups in total. The number of amides is 1. The number of pyridine rings is 1. The van der Waals surface area contributed by atoms with Crippen LogP contribution in [0.1, 0.15) is 22.5 Å². The number of carbonyl (C=O) groups excluding carboxylic acids is 1. The van der Waals surface area contributed by atoms with Crippen molar-refractivity contribution < 1.29 is 4.79 Å². The second kappa shape index (κ2) is 4.96. The maximum absolute atomic E-state index is 12.6. The van der Waals surface area contributed by atoms with Gasteiger partial charge in [-0.2, -0.15) is 0 Å². The molecular weight excluding hydrogens is 284 g/mol. The van der Waals surface area contributed by atoms with Gasteiger partial charge in [0.2, 0.25) is 0 Å². The van der Waals surface area contributed by atoms with Gasteiger partial charge in [0.1, 0.15) is 4.88 Å². The van der Waals surface area contributed by atoms with E-state index in [0.717, 1.165) is 16.6 Å². The van der Waals surface area contributed by atoms with Gasteiger partial charge in [0.25, 0.3) is 5.91 Å². The number of piperidine rings is 3. The fraction of sp³-hybridized carbons (Fsp3) is 0.467. The summed E-state index contributed by atoms with van der Waals surface area (Å²) in [5, 5.41) is 4.12. The molecule has 0 radical (unpaired) electrons. The van der Waals surface area contributed by atoms with Gasteiger partial charge in [0.05, 0.1) is 10.4 Å². The highest BCUT2D eigenvalue weighted by molar-refractivity contribution is 7.21. The molecule has 1 atom stereocenters. The minimum absolute atomic E-state index is 0.0348. The predicted octanol–water partition coefficient (Wildman–Crippen LogP) is 1.70. The van der Waals surface area contributed by atoms with Crippen LogP contribution in [0.2, 0.25) is 0 Å². The average molecular weight is 302 g/mol. The molecule has 3 saturated heterocycles. The van der Waals surface area contributed by atoms with Gasteiger partial charge in [-0.15, -0.1) is 11.3 Å². The minimum atomic E-state index is -0.0348. The molecule has 0 saturated carbocycles. The Morgan fingerprint density at radius 2 is 2.24 bits per heavy atom. The van der Waals surface area contributed by atoms with Crippen LogP contribution in [0.5, 0.6) is 0 Å². The van der Waals surface area contributed by atoms with E-state index in [0.29, 0.717) is 16.5 Å². The van der Waals surface area contributed by atoms with E-state index in [1.165, 1.54) is 37.3 Å². The molecule has 0 spiro atoms. The monoisotopic (exact) mass is 302 g/mol. The summed E-state index contributed by atoms with van der Waals surface area (Å²) in [5.74, 6) is 0.587. The van der Waals surface area contributed by atoms with Crippen molar-refractivity contribution in [3.8, 4) is 0 Å². The molecule has 2 bridgehead atoms. The van der Waals surface area contributed by atoms with E-state index in [1.807, 2.05) is 6.07 Å². The van der Waals surface area contributed by atoms with Crippen LogP contribution >= 0.6 is 11.3 Å². The van der Waals surface area contributed by atoms with Gasteiger partial charge in [-0.1, -0.05) is 0 Å². The maximum atomic E-state index is 12.6. The number of nitrogens with zero attached hydrogens (tertiary/aromatic N) is 2. The van der Waals surface area contributed by atoms with Gasteiger partial charge in [0, 0.05) is 30.4 Å². The quantitative estimate of drug-likeness (QED) is 0.886. The molecule has 0 aliphatic carbocycles. The predicted molar refractivity (Wildman–Crippen MR) is 84.5 cm³/mol. The van der Waals surface area contributed by atoms with Crippen molar-refractivity contribution in [3.05, 3.63) is 23.3 Å². The number of thiophene rings is 1. The first kappa shape index (κ1) is 13.0. The number of aromatic nitrogens is 1. The highest BCUT2D eigenvalue weighted by Gasteiger charge is 2.35. The molecule has 0 aromatic carbocycles. The van der Waals surface area contributed by atoms with Crippen LogP contribution in [-0.4, -0.2) is 41.5 Å². The molecule has 2 aromatic heterocycles. The number of nitrogens with two attached hydrogens (primary N) is 1. The van der Waals surface area contributed by atoms with Gasteiger partial charge in [-0.25, -0.2) is 0 Å². The van der Waals surface area contributed by atoms with Crippen LogP contribution in [0.4, 0.5) is 5.69 Å². The van der Waals surface area contributed by atoms with Gasteiger partial charge in [-0.05, 0) is 37.9 Å². The largest absolute Gasteiger partial charge is 0.397 e. The fourth-order valence-electron chi connectivity index (χ4n) is 3.50. The third-order valence-electron chi connectivity index (χ3n) is 4.71. The van der Waals surface area contributed by atoms with E-state index in [4.69, 9.17) is 5.73 Å². The second-order valence-electron chi connectivity index (χ2n) is 5.93. The van der Waals surface area contributed by atoms with Crippen molar-refractivity contribution in [1.82, 2.24) is 15.2 Å². The number of fused-ring (bicyclic) bond motifs is 4. The highest BCUT2D eigenvalue weighted by atomic mass is 32.1. The summed E-state index contributed by atoms with van der Waals surface area (Å²) in [5.41, 5.74) is 6.71.